The Bertz CT molecular complexity index is 940. The molecule has 0 radical (unpaired) electrons. The third-order valence-electron chi connectivity index (χ3n) is 4.59. The van der Waals surface area contributed by atoms with Crippen molar-refractivity contribution in [2.24, 2.45) is 5.73 Å². The minimum atomic E-state index is 0.164. The number of nitrogens with two attached hydrogens (primary N) is 1. The number of para-hydroxylation sites is 1. The standard InChI is InChI=1S/C22H20N2/c23-15-19(16-9-3-1-4-10-16)21-18-13-7-8-14-20(18)24-22(21)17-11-5-2-6-12-17/h1-14,19,24H,15,23H2/t19-/m1/s1. The van der Waals surface area contributed by atoms with Gasteiger partial charge >= 0.3 is 0 Å². The van der Waals surface area contributed by atoms with Crippen molar-refractivity contribution in [3.05, 3.63) is 96.1 Å². The number of H-pyrrole nitrogens is 1. The molecule has 1 aromatic heterocycles. The highest BCUT2D eigenvalue weighted by molar-refractivity contribution is 5.92. The van der Waals surface area contributed by atoms with E-state index in [-0.39, 0.29) is 5.92 Å². The van der Waals surface area contributed by atoms with E-state index >= 15 is 0 Å². The molecule has 2 heteroatoms. The Kier molecular flexibility index (Phi) is 3.89. The van der Waals surface area contributed by atoms with Crippen molar-refractivity contribution in [1.82, 2.24) is 4.98 Å². The van der Waals surface area contributed by atoms with Crippen molar-refractivity contribution in [1.29, 1.82) is 0 Å². The molecule has 0 aliphatic heterocycles. The maximum absolute atomic E-state index is 6.22. The molecule has 3 N–H and O–H groups in total. The molecule has 0 aliphatic carbocycles. The molecule has 24 heavy (non-hydrogen) atoms. The number of nitrogens with one attached hydrogen (secondary N) is 1. The van der Waals surface area contributed by atoms with E-state index in [0.29, 0.717) is 6.54 Å². The first-order valence-electron chi connectivity index (χ1n) is 8.29. The highest BCUT2D eigenvalue weighted by Gasteiger charge is 2.21. The van der Waals surface area contributed by atoms with Crippen LogP contribution in [0.2, 0.25) is 0 Å². The van der Waals surface area contributed by atoms with Crippen LogP contribution in [0.4, 0.5) is 0 Å². The van der Waals surface area contributed by atoms with E-state index in [4.69, 9.17) is 5.73 Å². The zero-order valence-corrected chi connectivity index (χ0v) is 13.4. The molecule has 0 amide bonds. The van der Waals surface area contributed by atoms with Gasteiger partial charge in [0.15, 0.2) is 0 Å². The van der Waals surface area contributed by atoms with Crippen molar-refractivity contribution in [3.63, 3.8) is 0 Å². The van der Waals surface area contributed by atoms with Gasteiger partial charge in [0, 0.05) is 23.4 Å². The van der Waals surface area contributed by atoms with E-state index in [0.717, 1.165) is 11.2 Å². The summed E-state index contributed by atoms with van der Waals surface area (Å²) < 4.78 is 0. The molecule has 0 saturated heterocycles. The Hall–Kier alpha value is -2.84. The number of benzene rings is 3. The summed E-state index contributed by atoms with van der Waals surface area (Å²) in [5, 5.41) is 1.25. The summed E-state index contributed by atoms with van der Waals surface area (Å²) in [5.41, 5.74) is 12.3. The predicted molar refractivity (Wildman–Crippen MR) is 101 cm³/mol. The van der Waals surface area contributed by atoms with Gasteiger partial charge in [-0.2, -0.15) is 0 Å². The molecule has 0 spiro atoms. The number of rotatable bonds is 4. The van der Waals surface area contributed by atoms with E-state index in [1.807, 2.05) is 12.1 Å². The molecule has 0 aliphatic rings. The summed E-state index contributed by atoms with van der Waals surface area (Å²) in [4.78, 5) is 3.61. The van der Waals surface area contributed by atoms with Crippen LogP contribution in [0.5, 0.6) is 0 Å². The van der Waals surface area contributed by atoms with E-state index < -0.39 is 0 Å². The lowest BCUT2D eigenvalue weighted by atomic mass is 9.87. The lowest BCUT2D eigenvalue weighted by molar-refractivity contribution is 0.827. The number of aromatic nitrogens is 1. The molecule has 0 bridgehead atoms. The molecule has 0 fully saturated rings. The second-order valence-corrected chi connectivity index (χ2v) is 6.02. The largest absolute Gasteiger partial charge is 0.354 e. The average Bonchev–Trinajstić information content (AvgIpc) is 3.04. The maximum Gasteiger partial charge on any atom is 0.0504 e. The zero-order valence-electron chi connectivity index (χ0n) is 13.4. The average molecular weight is 312 g/mol. The van der Waals surface area contributed by atoms with Gasteiger partial charge in [0.2, 0.25) is 0 Å². The fraction of sp³-hybridized carbons (Fsp3) is 0.0909. The monoisotopic (exact) mass is 312 g/mol. The Morgan fingerprint density at radius 3 is 2.08 bits per heavy atom. The van der Waals surface area contributed by atoms with Gasteiger partial charge in [-0.15, -0.1) is 0 Å². The van der Waals surface area contributed by atoms with Gasteiger partial charge in [0.25, 0.3) is 0 Å². The molecular formula is C22H20N2. The second-order valence-electron chi connectivity index (χ2n) is 6.02. The Morgan fingerprint density at radius 2 is 1.38 bits per heavy atom. The first kappa shape index (κ1) is 14.7. The lowest BCUT2D eigenvalue weighted by Gasteiger charge is -2.17. The van der Waals surface area contributed by atoms with Gasteiger partial charge in [-0.05, 0) is 22.8 Å². The predicted octanol–water partition coefficient (Wildman–Crippen LogP) is 4.93. The molecule has 1 atom stereocenters. The molecule has 4 aromatic rings. The summed E-state index contributed by atoms with van der Waals surface area (Å²) in [5.74, 6) is 0.164. The van der Waals surface area contributed by atoms with Crippen molar-refractivity contribution in [3.8, 4) is 11.3 Å². The number of hydrogen-bond donors (Lipinski definition) is 2. The minimum Gasteiger partial charge on any atom is -0.354 e. The number of aromatic amines is 1. The summed E-state index contributed by atoms with van der Waals surface area (Å²) in [6.07, 6.45) is 0. The molecule has 3 aromatic carbocycles. The molecular weight excluding hydrogens is 292 g/mol. The SMILES string of the molecule is NC[C@H](c1ccccc1)c1c(-c2ccccc2)[nH]c2ccccc12. The molecule has 4 rings (SSSR count). The molecule has 0 saturated carbocycles. The minimum absolute atomic E-state index is 0.164. The van der Waals surface area contributed by atoms with Gasteiger partial charge < -0.3 is 10.7 Å². The molecule has 0 unspecified atom stereocenters. The van der Waals surface area contributed by atoms with Crippen molar-refractivity contribution < 1.29 is 0 Å². The molecule has 2 nitrogen and oxygen atoms in total. The normalized spacial score (nSPS) is 12.4. The summed E-state index contributed by atoms with van der Waals surface area (Å²) >= 11 is 0. The summed E-state index contributed by atoms with van der Waals surface area (Å²) in [6.45, 7) is 0.575. The third kappa shape index (κ3) is 2.51. The maximum atomic E-state index is 6.22. The van der Waals surface area contributed by atoms with Gasteiger partial charge in [-0.3, -0.25) is 0 Å². The zero-order chi connectivity index (χ0) is 16.4. The number of fused-ring (bicyclic) bond motifs is 1. The van der Waals surface area contributed by atoms with E-state index in [1.165, 1.54) is 22.1 Å². The fourth-order valence-electron chi connectivity index (χ4n) is 3.46. The first-order chi connectivity index (χ1) is 11.9. The first-order valence-corrected chi connectivity index (χ1v) is 8.29. The topological polar surface area (TPSA) is 41.8 Å². The van der Waals surface area contributed by atoms with Crippen LogP contribution in [0.1, 0.15) is 17.0 Å². The fourth-order valence-corrected chi connectivity index (χ4v) is 3.46. The Balaban J connectivity index is 1.99. The summed E-state index contributed by atoms with van der Waals surface area (Å²) in [6, 6.07) is 29.5. The van der Waals surface area contributed by atoms with Crippen molar-refractivity contribution >= 4 is 10.9 Å². The van der Waals surface area contributed by atoms with Crippen molar-refractivity contribution in [2.75, 3.05) is 6.54 Å². The van der Waals surface area contributed by atoms with Crippen LogP contribution in [0, 0.1) is 0 Å². The van der Waals surface area contributed by atoms with Crippen LogP contribution < -0.4 is 5.73 Å². The number of hydrogen-bond acceptors (Lipinski definition) is 1. The van der Waals surface area contributed by atoms with Crippen LogP contribution in [0.3, 0.4) is 0 Å². The second kappa shape index (κ2) is 6.34. The van der Waals surface area contributed by atoms with E-state index in [2.05, 4.69) is 77.8 Å². The van der Waals surface area contributed by atoms with Gasteiger partial charge in [-0.1, -0.05) is 78.9 Å². The highest BCUT2D eigenvalue weighted by Crippen LogP contribution is 2.38. The smallest absolute Gasteiger partial charge is 0.0504 e. The van der Waals surface area contributed by atoms with Gasteiger partial charge in [0.05, 0.1) is 5.69 Å². The molecule has 1 heterocycles. The highest BCUT2D eigenvalue weighted by atomic mass is 14.7. The molecule has 118 valence electrons. The third-order valence-corrected chi connectivity index (χ3v) is 4.59. The Labute approximate surface area is 142 Å². The van der Waals surface area contributed by atoms with Crippen LogP contribution in [-0.2, 0) is 0 Å². The van der Waals surface area contributed by atoms with Crippen LogP contribution in [0.25, 0.3) is 22.2 Å². The van der Waals surface area contributed by atoms with E-state index in [1.54, 1.807) is 0 Å². The Morgan fingerprint density at radius 1 is 0.750 bits per heavy atom. The van der Waals surface area contributed by atoms with Crippen LogP contribution in [-0.4, -0.2) is 11.5 Å². The van der Waals surface area contributed by atoms with Crippen LogP contribution in [0.15, 0.2) is 84.9 Å². The summed E-state index contributed by atoms with van der Waals surface area (Å²) in [7, 11) is 0. The quantitative estimate of drug-likeness (QED) is 0.551. The van der Waals surface area contributed by atoms with Crippen LogP contribution >= 0.6 is 0 Å². The van der Waals surface area contributed by atoms with Gasteiger partial charge in [-0.25, -0.2) is 0 Å². The van der Waals surface area contributed by atoms with E-state index in [9.17, 15) is 0 Å². The lowest BCUT2D eigenvalue weighted by Crippen LogP contribution is -2.14. The van der Waals surface area contributed by atoms with Gasteiger partial charge in [0.1, 0.15) is 0 Å². The van der Waals surface area contributed by atoms with Crippen molar-refractivity contribution in [2.45, 2.75) is 5.92 Å².